The summed E-state index contributed by atoms with van der Waals surface area (Å²) in [5.41, 5.74) is 1.48. The minimum Gasteiger partial charge on any atom is -0.481 e. The van der Waals surface area contributed by atoms with Crippen LogP contribution < -0.4 is 15.5 Å². The monoisotopic (exact) mass is 421 g/mol. The van der Waals surface area contributed by atoms with Gasteiger partial charge in [0, 0.05) is 42.8 Å². The van der Waals surface area contributed by atoms with Crippen molar-refractivity contribution in [3.8, 4) is 12.3 Å². The van der Waals surface area contributed by atoms with Gasteiger partial charge in [0.15, 0.2) is 0 Å². The topological polar surface area (TPSA) is 107 Å². The summed E-state index contributed by atoms with van der Waals surface area (Å²) in [6.07, 6.45) is 11.1. The molecule has 1 amide bonds. The number of anilines is 2. The molecule has 162 valence electrons. The molecule has 1 fully saturated rings. The van der Waals surface area contributed by atoms with E-state index in [0.717, 1.165) is 31.6 Å². The van der Waals surface area contributed by atoms with Crippen LogP contribution >= 0.6 is 0 Å². The second-order valence-corrected chi connectivity index (χ2v) is 7.50. The third kappa shape index (κ3) is 5.72. The van der Waals surface area contributed by atoms with Crippen LogP contribution in [0, 0.1) is 18.3 Å². The van der Waals surface area contributed by atoms with E-state index in [0.29, 0.717) is 24.0 Å². The molecule has 0 aliphatic carbocycles. The van der Waals surface area contributed by atoms with Gasteiger partial charge in [-0.15, -0.1) is 6.42 Å². The minimum atomic E-state index is -1.02. The van der Waals surface area contributed by atoms with Crippen LogP contribution in [0.4, 0.5) is 11.6 Å². The number of carboxylic acids is 1. The molecular weight excluding hydrogens is 394 g/mol. The fourth-order valence-electron chi connectivity index (χ4n) is 3.70. The standard InChI is InChI=1S/C23H27N5O3/c1-3-19(22(30)31)20(4-2)27-21(29)16-6-8-18(9-7-16)28-14-10-17(11-15-28)26-23-24-12-5-13-25-23/h2,5-9,12-13,17,19-20H,3,10-11,14-15H2,1H3,(H,27,29)(H,30,31)(H,24,25,26)/t19?,20-/m1/s1. The lowest BCUT2D eigenvalue weighted by atomic mass is 9.97. The molecule has 0 spiro atoms. The molecule has 8 heteroatoms. The Balaban J connectivity index is 1.55. The summed E-state index contributed by atoms with van der Waals surface area (Å²) in [4.78, 5) is 34.5. The smallest absolute Gasteiger partial charge is 0.309 e. The Morgan fingerprint density at radius 1 is 1.23 bits per heavy atom. The van der Waals surface area contributed by atoms with Crippen LogP contribution in [-0.4, -0.2) is 52.1 Å². The quantitative estimate of drug-likeness (QED) is 0.562. The average Bonchev–Trinajstić information content (AvgIpc) is 2.80. The van der Waals surface area contributed by atoms with Crippen molar-refractivity contribution in [2.24, 2.45) is 5.92 Å². The van der Waals surface area contributed by atoms with Gasteiger partial charge in [-0.3, -0.25) is 9.59 Å². The fraction of sp³-hybridized carbons (Fsp3) is 0.391. The highest BCUT2D eigenvalue weighted by atomic mass is 16.4. The first-order valence-electron chi connectivity index (χ1n) is 10.4. The minimum absolute atomic E-state index is 0.324. The summed E-state index contributed by atoms with van der Waals surface area (Å²) in [6, 6.07) is 8.55. The van der Waals surface area contributed by atoms with Crippen molar-refractivity contribution < 1.29 is 14.7 Å². The number of piperidine rings is 1. The van der Waals surface area contributed by atoms with E-state index in [1.807, 2.05) is 12.1 Å². The van der Waals surface area contributed by atoms with Gasteiger partial charge in [0.25, 0.3) is 5.91 Å². The molecule has 1 unspecified atom stereocenters. The molecule has 3 N–H and O–H groups in total. The van der Waals surface area contributed by atoms with E-state index in [1.165, 1.54) is 0 Å². The van der Waals surface area contributed by atoms with E-state index in [-0.39, 0.29) is 5.91 Å². The second-order valence-electron chi connectivity index (χ2n) is 7.50. The zero-order valence-electron chi connectivity index (χ0n) is 17.5. The number of benzene rings is 1. The van der Waals surface area contributed by atoms with Gasteiger partial charge in [0.2, 0.25) is 5.95 Å². The van der Waals surface area contributed by atoms with Crippen LogP contribution in [0.15, 0.2) is 42.7 Å². The van der Waals surface area contributed by atoms with Crippen molar-refractivity contribution in [2.45, 2.75) is 38.3 Å². The summed E-state index contributed by atoms with van der Waals surface area (Å²) >= 11 is 0. The van der Waals surface area contributed by atoms with E-state index < -0.39 is 17.9 Å². The number of rotatable bonds is 8. The molecule has 2 atom stereocenters. The molecular formula is C23H27N5O3. The maximum Gasteiger partial charge on any atom is 0.309 e. The third-order valence-electron chi connectivity index (χ3n) is 5.51. The molecule has 0 bridgehead atoms. The Labute approximate surface area is 182 Å². The highest BCUT2D eigenvalue weighted by Gasteiger charge is 2.27. The van der Waals surface area contributed by atoms with Gasteiger partial charge in [-0.05, 0) is 49.6 Å². The highest BCUT2D eigenvalue weighted by molar-refractivity contribution is 5.95. The maximum atomic E-state index is 12.5. The number of nitrogens with one attached hydrogen (secondary N) is 2. The van der Waals surface area contributed by atoms with E-state index in [4.69, 9.17) is 6.42 Å². The molecule has 8 nitrogen and oxygen atoms in total. The zero-order valence-corrected chi connectivity index (χ0v) is 17.5. The molecule has 1 aromatic carbocycles. The first-order chi connectivity index (χ1) is 15.0. The van der Waals surface area contributed by atoms with Crippen molar-refractivity contribution in [3.63, 3.8) is 0 Å². The average molecular weight is 422 g/mol. The number of hydrogen-bond acceptors (Lipinski definition) is 6. The summed E-state index contributed by atoms with van der Waals surface area (Å²) < 4.78 is 0. The van der Waals surface area contributed by atoms with Gasteiger partial charge in [0.1, 0.15) is 6.04 Å². The molecule has 0 radical (unpaired) electrons. The SMILES string of the molecule is C#C[C@@H](NC(=O)c1ccc(N2CCC(Nc3ncccn3)CC2)cc1)C(CC)C(=O)O. The molecule has 3 rings (SSSR count). The zero-order chi connectivity index (χ0) is 22.2. The Kier molecular flexibility index (Phi) is 7.44. The Hall–Kier alpha value is -3.60. The molecule has 2 heterocycles. The number of carboxylic acid groups (broad SMARTS) is 1. The number of terminal acetylenes is 1. The predicted octanol–water partition coefficient (Wildman–Crippen LogP) is 2.40. The van der Waals surface area contributed by atoms with E-state index in [2.05, 4.69) is 31.4 Å². The summed E-state index contributed by atoms with van der Waals surface area (Å²) in [6.45, 7) is 3.49. The Morgan fingerprint density at radius 3 is 2.42 bits per heavy atom. The first-order valence-corrected chi connectivity index (χ1v) is 10.4. The summed E-state index contributed by atoms with van der Waals surface area (Å²) in [7, 11) is 0. The predicted molar refractivity (Wildman–Crippen MR) is 119 cm³/mol. The number of aliphatic carboxylic acids is 1. The van der Waals surface area contributed by atoms with Gasteiger partial charge < -0.3 is 20.6 Å². The first kappa shape index (κ1) is 22.1. The van der Waals surface area contributed by atoms with E-state index >= 15 is 0 Å². The Bertz CT molecular complexity index is 918. The lowest BCUT2D eigenvalue weighted by Gasteiger charge is -2.34. The number of carbonyl (C=O) groups is 2. The number of carbonyl (C=O) groups excluding carboxylic acids is 1. The van der Waals surface area contributed by atoms with Gasteiger partial charge in [0.05, 0.1) is 5.92 Å². The third-order valence-corrected chi connectivity index (χ3v) is 5.51. The molecule has 0 saturated carbocycles. The molecule has 2 aromatic rings. The van der Waals surface area contributed by atoms with Gasteiger partial charge in [-0.25, -0.2) is 9.97 Å². The molecule has 1 aliphatic rings. The van der Waals surface area contributed by atoms with E-state index in [1.54, 1.807) is 37.5 Å². The normalized spacial score (nSPS) is 16.1. The van der Waals surface area contributed by atoms with Crippen LogP contribution in [0.2, 0.25) is 0 Å². The number of amides is 1. The summed E-state index contributed by atoms with van der Waals surface area (Å²) in [5.74, 6) is 0.825. The van der Waals surface area contributed by atoms with E-state index in [9.17, 15) is 14.7 Å². The van der Waals surface area contributed by atoms with Crippen LogP contribution in [0.1, 0.15) is 36.5 Å². The van der Waals surface area contributed by atoms with Crippen molar-refractivity contribution >= 4 is 23.5 Å². The number of nitrogens with zero attached hydrogens (tertiary/aromatic N) is 3. The highest BCUT2D eigenvalue weighted by Crippen LogP contribution is 2.22. The van der Waals surface area contributed by atoms with Crippen molar-refractivity contribution in [3.05, 3.63) is 48.3 Å². The number of aromatic nitrogens is 2. The van der Waals surface area contributed by atoms with Gasteiger partial charge in [-0.2, -0.15) is 0 Å². The van der Waals surface area contributed by atoms with Crippen LogP contribution in [0.3, 0.4) is 0 Å². The fourth-order valence-corrected chi connectivity index (χ4v) is 3.70. The van der Waals surface area contributed by atoms with Crippen molar-refractivity contribution in [1.29, 1.82) is 0 Å². The van der Waals surface area contributed by atoms with Crippen molar-refractivity contribution in [1.82, 2.24) is 15.3 Å². The number of hydrogen-bond donors (Lipinski definition) is 3. The van der Waals surface area contributed by atoms with Crippen molar-refractivity contribution in [2.75, 3.05) is 23.3 Å². The lowest BCUT2D eigenvalue weighted by Crippen LogP contribution is -2.42. The summed E-state index contributed by atoms with van der Waals surface area (Å²) in [5, 5.41) is 15.3. The lowest BCUT2D eigenvalue weighted by molar-refractivity contribution is -0.142. The van der Waals surface area contributed by atoms with Crippen LogP contribution in [0.5, 0.6) is 0 Å². The Morgan fingerprint density at radius 2 is 1.87 bits per heavy atom. The molecule has 1 aliphatic heterocycles. The second kappa shape index (κ2) is 10.4. The van der Waals surface area contributed by atoms with Gasteiger partial charge in [-0.1, -0.05) is 12.8 Å². The maximum absolute atomic E-state index is 12.5. The molecule has 31 heavy (non-hydrogen) atoms. The molecule has 1 aromatic heterocycles. The van der Waals surface area contributed by atoms with Gasteiger partial charge >= 0.3 is 5.97 Å². The van der Waals surface area contributed by atoms with Crippen LogP contribution in [-0.2, 0) is 4.79 Å². The van der Waals surface area contributed by atoms with Crippen LogP contribution in [0.25, 0.3) is 0 Å². The largest absolute Gasteiger partial charge is 0.481 e. The molecule has 1 saturated heterocycles.